The van der Waals surface area contributed by atoms with Crippen LogP contribution in [0.25, 0.3) is 6.08 Å². The SMILES string of the molecule is COc1cc(C=C2C(=O)NC(=O)N(c3cccc([N+](=O)[O-])c3)C2=O)cc(I)c1O. The molecule has 29 heavy (non-hydrogen) atoms. The van der Waals surface area contributed by atoms with Crippen molar-refractivity contribution in [2.75, 3.05) is 12.0 Å². The van der Waals surface area contributed by atoms with E-state index in [2.05, 4.69) is 0 Å². The van der Waals surface area contributed by atoms with Gasteiger partial charge in [-0.1, -0.05) is 6.07 Å². The van der Waals surface area contributed by atoms with Crippen molar-refractivity contribution >= 4 is 57.9 Å². The summed E-state index contributed by atoms with van der Waals surface area (Å²) in [5.74, 6) is -1.81. The Kier molecular flexibility index (Phi) is 5.50. The molecule has 0 aromatic heterocycles. The molecule has 11 heteroatoms. The van der Waals surface area contributed by atoms with Gasteiger partial charge in [-0.2, -0.15) is 0 Å². The standard InChI is InChI=1S/C18H12IN3O7/c1-29-14-7-9(6-13(19)15(14)23)5-12-16(24)20-18(26)21(17(12)25)10-3-2-4-11(8-10)22(27)28/h2-8,23H,1H3,(H,20,24,26). The number of hydrogen-bond acceptors (Lipinski definition) is 7. The average Bonchev–Trinajstić information content (AvgIpc) is 2.67. The van der Waals surface area contributed by atoms with E-state index in [1.165, 1.54) is 43.5 Å². The lowest BCUT2D eigenvalue weighted by Crippen LogP contribution is -2.54. The first kappa shape index (κ1) is 20.3. The second-order valence-electron chi connectivity index (χ2n) is 5.79. The number of halogens is 1. The van der Waals surface area contributed by atoms with Gasteiger partial charge in [-0.3, -0.25) is 25.0 Å². The number of aromatic hydroxyl groups is 1. The van der Waals surface area contributed by atoms with Crippen molar-refractivity contribution < 1.29 is 29.2 Å². The van der Waals surface area contributed by atoms with E-state index >= 15 is 0 Å². The molecule has 0 radical (unpaired) electrons. The predicted molar refractivity (Wildman–Crippen MR) is 109 cm³/mol. The van der Waals surface area contributed by atoms with Gasteiger partial charge in [0, 0.05) is 12.1 Å². The summed E-state index contributed by atoms with van der Waals surface area (Å²) in [6.45, 7) is 0. The Bertz CT molecular complexity index is 1100. The van der Waals surface area contributed by atoms with Crippen molar-refractivity contribution in [2.24, 2.45) is 0 Å². The number of nitrogens with one attached hydrogen (secondary N) is 1. The third-order valence-electron chi connectivity index (χ3n) is 3.98. The molecule has 1 heterocycles. The smallest absolute Gasteiger partial charge is 0.335 e. The summed E-state index contributed by atoms with van der Waals surface area (Å²) in [5, 5.41) is 22.9. The lowest BCUT2D eigenvalue weighted by molar-refractivity contribution is -0.384. The van der Waals surface area contributed by atoms with Crippen LogP contribution in [0.2, 0.25) is 0 Å². The molecule has 0 unspecified atom stereocenters. The molecule has 1 saturated heterocycles. The van der Waals surface area contributed by atoms with Gasteiger partial charge in [0.1, 0.15) is 5.57 Å². The molecule has 0 atom stereocenters. The number of ether oxygens (including phenoxy) is 1. The minimum atomic E-state index is -1.02. The quantitative estimate of drug-likeness (QED) is 0.212. The molecule has 2 N–H and O–H groups in total. The average molecular weight is 509 g/mol. The molecule has 0 bridgehead atoms. The highest BCUT2D eigenvalue weighted by molar-refractivity contribution is 14.1. The van der Waals surface area contributed by atoms with E-state index in [-0.39, 0.29) is 28.4 Å². The maximum Gasteiger partial charge on any atom is 0.335 e. The number of methoxy groups -OCH3 is 1. The molecular weight excluding hydrogens is 497 g/mol. The Balaban J connectivity index is 2.06. The summed E-state index contributed by atoms with van der Waals surface area (Å²) in [4.78, 5) is 48.3. The summed E-state index contributed by atoms with van der Waals surface area (Å²) in [5.41, 5.74) is -0.364. The number of non-ortho nitro benzene ring substituents is 1. The number of benzene rings is 2. The molecule has 2 aromatic rings. The van der Waals surface area contributed by atoms with Crippen molar-refractivity contribution in [1.29, 1.82) is 0 Å². The Morgan fingerprint density at radius 1 is 1.24 bits per heavy atom. The lowest BCUT2D eigenvalue weighted by atomic mass is 10.1. The van der Waals surface area contributed by atoms with E-state index in [0.717, 1.165) is 6.07 Å². The fraction of sp³-hybridized carbons (Fsp3) is 0.0556. The van der Waals surface area contributed by atoms with Gasteiger partial charge >= 0.3 is 6.03 Å². The summed E-state index contributed by atoms with van der Waals surface area (Å²) >= 11 is 1.86. The first-order valence-electron chi connectivity index (χ1n) is 7.95. The molecule has 0 saturated carbocycles. The molecule has 3 rings (SSSR count). The highest BCUT2D eigenvalue weighted by atomic mass is 127. The number of carbonyl (C=O) groups is 3. The van der Waals surface area contributed by atoms with Crippen molar-refractivity contribution in [2.45, 2.75) is 0 Å². The van der Waals surface area contributed by atoms with Gasteiger partial charge in [-0.05, 0) is 52.4 Å². The van der Waals surface area contributed by atoms with E-state index < -0.39 is 22.8 Å². The monoisotopic (exact) mass is 509 g/mol. The molecule has 1 aliphatic heterocycles. The Morgan fingerprint density at radius 3 is 2.62 bits per heavy atom. The fourth-order valence-electron chi connectivity index (χ4n) is 2.64. The van der Waals surface area contributed by atoms with Crippen molar-refractivity contribution in [3.63, 3.8) is 0 Å². The second kappa shape index (κ2) is 7.87. The topological polar surface area (TPSA) is 139 Å². The van der Waals surface area contributed by atoms with Crippen molar-refractivity contribution in [1.82, 2.24) is 5.32 Å². The molecule has 10 nitrogen and oxygen atoms in total. The Labute approximate surface area is 177 Å². The maximum atomic E-state index is 12.9. The second-order valence-corrected chi connectivity index (χ2v) is 6.95. The molecule has 0 spiro atoms. The number of amides is 4. The van der Waals surface area contributed by atoms with E-state index in [9.17, 15) is 29.6 Å². The van der Waals surface area contributed by atoms with Crippen molar-refractivity contribution in [3.8, 4) is 11.5 Å². The molecular formula is C18H12IN3O7. The van der Waals surface area contributed by atoms with Gasteiger partial charge in [-0.15, -0.1) is 0 Å². The number of hydrogen-bond donors (Lipinski definition) is 2. The summed E-state index contributed by atoms with van der Waals surface area (Å²) < 4.78 is 5.47. The zero-order valence-electron chi connectivity index (χ0n) is 14.7. The van der Waals surface area contributed by atoms with E-state index in [4.69, 9.17) is 4.74 Å². The fourth-order valence-corrected chi connectivity index (χ4v) is 3.26. The van der Waals surface area contributed by atoms with Crippen LogP contribution in [0.5, 0.6) is 11.5 Å². The van der Waals surface area contributed by atoms with E-state index in [1.54, 1.807) is 0 Å². The zero-order chi connectivity index (χ0) is 21.3. The predicted octanol–water partition coefficient (Wildman–Crippen LogP) is 2.58. The van der Waals surface area contributed by atoms with Gasteiger partial charge in [0.2, 0.25) is 0 Å². The molecule has 2 aromatic carbocycles. The van der Waals surface area contributed by atoms with Crippen LogP contribution in [0.3, 0.4) is 0 Å². The van der Waals surface area contributed by atoms with Crippen LogP contribution in [0.1, 0.15) is 5.56 Å². The maximum absolute atomic E-state index is 12.9. The van der Waals surface area contributed by atoms with Gasteiger partial charge in [-0.25, -0.2) is 9.69 Å². The summed E-state index contributed by atoms with van der Waals surface area (Å²) in [6, 6.07) is 6.83. The third kappa shape index (κ3) is 3.89. The number of rotatable bonds is 4. The Morgan fingerprint density at radius 2 is 1.97 bits per heavy atom. The van der Waals surface area contributed by atoms with Crippen LogP contribution in [-0.2, 0) is 9.59 Å². The minimum absolute atomic E-state index is 0.0574. The molecule has 148 valence electrons. The van der Waals surface area contributed by atoms with Gasteiger partial charge in [0.25, 0.3) is 17.5 Å². The number of phenols is 1. The van der Waals surface area contributed by atoms with Gasteiger partial charge in [0.15, 0.2) is 11.5 Å². The number of anilines is 1. The van der Waals surface area contributed by atoms with E-state index in [1.807, 2.05) is 27.9 Å². The molecule has 1 fully saturated rings. The molecule has 1 aliphatic rings. The number of phenolic OH excluding ortho intramolecular Hbond substituents is 1. The van der Waals surface area contributed by atoms with Gasteiger partial charge < -0.3 is 9.84 Å². The largest absolute Gasteiger partial charge is 0.504 e. The van der Waals surface area contributed by atoms with Crippen LogP contribution in [-0.4, -0.2) is 35.0 Å². The highest BCUT2D eigenvalue weighted by Crippen LogP contribution is 2.33. The minimum Gasteiger partial charge on any atom is -0.504 e. The van der Waals surface area contributed by atoms with Crippen molar-refractivity contribution in [3.05, 3.63) is 61.2 Å². The molecule has 4 amide bonds. The Hall–Kier alpha value is -3.48. The number of nitrogens with zero attached hydrogens (tertiary/aromatic N) is 2. The highest BCUT2D eigenvalue weighted by Gasteiger charge is 2.37. The van der Waals surface area contributed by atoms with E-state index in [0.29, 0.717) is 14.0 Å². The van der Waals surface area contributed by atoms with Crippen LogP contribution in [0.4, 0.5) is 16.2 Å². The first-order chi connectivity index (χ1) is 13.7. The zero-order valence-corrected chi connectivity index (χ0v) is 16.9. The number of nitro groups is 1. The van der Waals surface area contributed by atoms with Crippen LogP contribution < -0.4 is 15.0 Å². The normalized spacial score (nSPS) is 15.4. The number of urea groups is 1. The lowest BCUT2D eigenvalue weighted by Gasteiger charge is -2.26. The molecule has 0 aliphatic carbocycles. The third-order valence-corrected chi connectivity index (χ3v) is 4.80. The van der Waals surface area contributed by atoms with Gasteiger partial charge in [0.05, 0.1) is 21.3 Å². The summed E-state index contributed by atoms with van der Waals surface area (Å²) in [6.07, 6.45) is 1.23. The van der Waals surface area contributed by atoms with Crippen LogP contribution in [0, 0.1) is 13.7 Å². The number of carbonyl (C=O) groups excluding carboxylic acids is 3. The number of barbiturate groups is 1. The number of nitro benzene ring substituents is 1. The number of imide groups is 2. The van der Waals surface area contributed by atoms with Crippen LogP contribution >= 0.6 is 22.6 Å². The first-order valence-corrected chi connectivity index (χ1v) is 9.03. The van der Waals surface area contributed by atoms with Crippen LogP contribution in [0.15, 0.2) is 42.0 Å². The summed E-state index contributed by atoms with van der Waals surface area (Å²) in [7, 11) is 1.35.